The standard InChI is InChI=1S/C18H19F3N4O/c19-18(20,21)13-3-1-2-12(10-13)17(23)25-11-15(4-5-16(25)22)24-14-6-8-26-9-7-14/h1-5,10-11,14,22-24H,6-9H2. The summed E-state index contributed by atoms with van der Waals surface area (Å²) in [6.45, 7) is 1.35. The molecular formula is C18H19F3N4O. The van der Waals surface area contributed by atoms with Crippen LogP contribution in [0.4, 0.5) is 18.9 Å². The molecule has 0 radical (unpaired) electrons. The van der Waals surface area contributed by atoms with Crippen molar-refractivity contribution >= 4 is 11.5 Å². The molecule has 3 rings (SSSR count). The number of nitrogens with zero attached hydrogens (tertiary/aromatic N) is 1. The summed E-state index contributed by atoms with van der Waals surface area (Å²) in [5.74, 6) is -0.184. The minimum absolute atomic E-state index is 0.0185. The van der Waals surface area contributed by atoms with Crippen molar-refractivity contribution < 1.29 is 17.9 Å². The van der Waals surface area contributed by atoms with E-state index < -0.39 is 11.7 Å². The highest BCUT2D eigenvalue weighted by Crippen LogP contribution is 2.29. The normalized spacial score (nSPS) is 15.7. The zero-order valence-electron chi connectivity index (χ0n) is 13.9. The summed E-state index contributed by atoms with van der Waals surface area (Å²) in [7, 11) is 0. The number of aromatic nitrogens is 1. The smallest absolute Gasteiger partial charge is 0.381 e. The van der Waals surface area contributed by atoms with E-state index in [4.69, 9.17) is 15.6 Å². The topological polar surface area (TPSA) is 73.9 Å². The van der Waals surface area contributed by atoms with E-state index in [9.17, 15) is 13.2 Å². The number of halogens is 3. The number of nitrogens with one attached hydrogen (secondary N) is 3. The molecule has 0 spiro atoms. The Bertz CT molecular complexity index is 854. The molecule has 1 aliphatic rings. The first-order valence-electron chi connectivity index (χ1n) is 8.23. The average Bonchev–Trinajstić information content (AvgIpc) is 2.63. The van der Waals surface area contributed by atoms with E-state index >= 15 is 0 Å². The van der Waals surface area contributed by atoms with Crippen LogP contribution >= 0.6 is 0 Å². The predicted octanol–water partition coefficient (Wildman–Crippen LogP) is 3.45. The highest BCUT2D eigenvalue weighted by molar-refractivity contribution is 5.98. The van der Waals surface area contributed by atoms with Crippen LogP contribution in [-0.2, 0) is 10.9 Å². The van der Waals surface area contributed by atoms with E-state index in [0.29, 0.717) is 18.9 Å². The summed E-state index contributed by atoms with van der Waals surface area (Å²) >= 11 is 0. The SMILES string of the molecule is N=C(c1cccc(C(F)(F)F)c1)n1cc(NC2CCOCC2)ccc1=N. The molecule has 0 bridgehead atoms. The molecule has 1 fully saturated rings. The van der Waals surface area contributed by atoms with E-state index in [0.717, 1.165) is 25.0 Å². The van der Waals surface area contributed by atoms with Crippen LogP contribution in [0, 0.1) is 10.8 Å². The first-order chi connectivity index (χ1) is 12.3. The van der Waals surface area contributed by atoms with Gasteiger partial charge in [-0.25, -0.2) is 0 Å². The molecule has 1 saturated heterocycles. The van der Waals surface area contributed by atoms with Crippen LogP contribution in [0.1, 0.15) is 24.0 Å². The van der Waals surface area contributed by atoms with Crippen LogP contribution in [0.25, 0.3) is 0 Å². The van der Waals surface area contributed by atoms with Gasteiger partial charge in [0.1, 0.15) is 11.3 Å². The molecule has 1 aromatic heterocycles. The molecule has 3 N–H and O–H groups in total. The van der Waals surface area contributed by atoms with Crippen LogP contribution in [-0.4, -0.2) is 29.7 Å². The Morgan fingerprint density at radius 2 is 1.88 bits per heavy atom. The van der Waals surface area contributed by atoms with Crippen LogP contribution in [0.5, 0.6) is 0 Å². The van der Waals surface area contributed by atoms with Gasteiger partial charge < -0.3 is 10.1 Å². The van der Waals surface area contributed by atoms with Gasteiger partial charge in [-0.2, -0.15) is 13.2 Å². The monoisotopic (exact) mass is 364 g/mol. The number of benzene rings is 1. The lowest BCUT2D eigenvalue weighted by Crippen LogP contribution is -2.30. The minimum atomic E-state index is -4.47. The van der Waals surface area contributed by atoms with Gasteiger partial charge in [0.05, 0.1) is 11.3 Å². The van der Waals surface area contributed by atoms with E-state index in [1.807, 2.05) is 0 Å². The fraction of sp³-hybridized carbons (Fsp3) is 0.333. The van der Waals surface area contributed by atoms with Crippen molar-refractivity contribution in [1.82, 2.24) is 4.57 Å². The maximum atomic E-state index is 12.9. The molecular weight excluding hydrogens is 345 g/mol. The Labute approximate surface area is 148 Å². The van der Waals surface area contributed by atoms with E-state index in [-0.39, 0.29) is 22.9 Å². The average molecular weight is 364 g/mol. The molecule has 2 heterocycles. The van der Waals surface area contributed by atoms with Gasteiger partial charge in [-0.3, -0.25) is 15.4 Å². The van der Waals surface area contributed by atoms with Gasteiger partial charge in [0.2, 0.25) is 0 Å². The van der Waals surface area contributed by atoms with Crippen LogP contribution in [0.15, 0.2) is 42.6 Å². The number of anilines is 1. The fourth-order valence-electron chi connectivity index (χ4n) is 2.83. The van der Waals surface area contributed by atoms with Gasteiger partial charge in [-0.1, -0.05) is 12.1 Å². The van der Waals surface area contributed by atoms with Gasteiger partial charge in [-0.15, -0.1) is 0 Å². The minimum Gasteiger partial charge on any atom is -0.381 e. The summed E-state index contributed by atoms with van der Waals surface area (Å²) in [6, 6.07) is 8.07. The molecule has 8 heteroatoms. The molecule has 1 aliphatic heterocycles. The number of rotatable bonds is 3. The summed E-state index contributed by atoms with van der Waals surface area (Å²) in [6.07, 6.45) is -1.20. The second kappa shape index (κ2) is 7.33. The number of hydrogen-bond donors (Lipinski definition) is 3. The Morgan fingerprint density at radius 1 is 1.15 bits per heavy atom. The molecule has 5 nitrogen and oxygen atoms in total. The maximum absolute atomic E-state index is 12.9. The van der Waals surface area contributed by atoms with Crippen LogP contribution < -0.4 is 10.8 Å². The third kappa shape index (κ3) is 4.13. The Hall–Kier alpha value is -2.61. The molecule has 0 aliphatic carbocycles. The molecule has 26 heavy (non-hydrogen) atoms. The number of pyridine rings is 1. The zero-order valence-corrected chi connectivity index (χ0v) is 13.9. The summed E-state index contributed by atoms with van der Waals surface area (Å²) in [4.78, 5) is 0. The summed E-state index contributed by atoms with van der Waals surface area (Å²) in [5.41, 5.74) is 0.0134. The van der Waals surface area contributed by atoms with Crippen LogP contribution in [0.2, 0.25) is 0 Å². The number of hydrogen-bond acceptors (Lipinski definition) is 4. The van der Waals surface area contributed by atoms with Crippen molar-refractivity contribution in [3.05, 3.63) is 59.2 Å². The van der Waals surface area contributed by atoms with Crippen molar-refractivity contribution in [2.45, 2.75) is 25.1 Å². The van der Waals surface area contributed by atoms with E-state index in [1.54, 1.807) is 12.3 Å². The first-order valence-corrected chi connectivity index (χ1v) is 8.23. The lowest BCUT2D eigenvalue weighted by molar-refractivity contribution is -0.137. The van der Waals surface area contributed by atoms with Crippen molar-refractivity contribution in [3.8, 4) is 0 Å². The molecule has 1 aromatic carbocycles. The van der Waals surface area contributed by atoms with Gasteiger partial charge in [-0.05, 0) is 37.1 Å². The summed E-state index contributed by atoms with van der Waals surface area (Å²) < 4.78 is 45.3. The predicted molar refractivity (Wildman–Crippen MR) is 91.4 cm³/mol. The Balaban J connectivity index is 1.87. The second-order valence-corrected chi connectivity index (χ2v) is 6.13. The largest absolute Gasteiger partial charge is 0.416 e. The molecule has 0 amide bonds. The highest BCUT2D eigenvalue weighted by Gasteiger charge is 2.30. The fourth-order valence-corrected chi connectivity index (χ4v) is 2.83. The number of alkyl halides is 3. The lowest BCUT2D eigenvalue weighted by Gasteiger charge is -2.24. The number of ether oxygens (including phenoxy) is 1. The van der Waals surface area contributed by atoms with Gasteiger partial charge in [0.25, 0.3) is 0 Å². The van der Waals surface area contributed by atoms with Gasteiger partial charge >= 0.3 is 6.18 Å². The molecule has 0 atom stereocenters. The maximum Gasteiger partial charge on any atom is 0.416 e. The van der Waals surface area contributed by atoms with E-state index in [2.05, 4.69) is 5.32 Å². The molecule has 138 valence electrons. The summed E-state index contributed by atoms with van der Waals surface area (Å²) in [5, 5.41) is 19.6. The molecule has 0 unspecified atom stereocenters. The second-order valence-electron chi connectivity index (χ2n) is 6.13. The Morgan fingerprint density at radius 3 is 2.58 bits per heavy atom. The third-order valence-electron chi connectivity index (χ3n) is 4.24. The third-order valence-corrected chi connectivity index (χ3v) is 4.24. The Kier molecular flexibility index (Phi) is 5.13. The van der Waals surface area contributed by atoms with Crippen molar-refractivity contribution in [3.63, 3.8) is 0 Å². The van der Waals surface area contributed by atoms with Gasteiger partial charge in [0, 0.05) is 31.0 Å². The van der Waals surface area contributed by atoms with Crippen molar-refractivity contribution in [1.29, 1.82) is 10.8 Å². The van der Waals surface area contributed by atoms with Crippen LogP contribution in [0.3, 0.4) is 0 Å². The highest BCUT2D eigenvalue weighted by atomic mass is 19.4. The first kappa shape index (κ1) is 18.2. The lowest BCUT2D eigenvalue weighted by atomic mass is 10.1. The zero-order chi connectivity index (χ0) is 18.7. The quantitative estimate of drug-likeness (QED) is 0.576. The molecule has 2 aromatic rings. The molecule has 0 saturated carbocycles. The van der Waals surface area contributed by atoms with E-state index in [1.165, 1.54) is 22.8 Å². The van der Waals surface area contributed by atoms with Crippen molar-refractivity contribution in [2.24, 2.45) is 0 Å². The van der Waals surface area contributed by atoms with Crippen molar-refractivity contribution in [2.75, 3.05) is 18.5 Å². The van der Waals surface area contributed by atoms with Gasteiger partial charge in [0.15, 0.2) is 0 Å².